The number of amides is 2. The Morgan fingerprint density at radius 2 is 1.61 bits per heavy atom. The van der Waals surface area contributed by atoms with Gasteiger partial charge in [0.15, 0.2) is 0 Å². The van der Waals surface area contributed by atoms with Gasteiger partial charge in [0.2, 0.25) is 0 Å². The van der Waals surface area contributed by atoms with Gasteiger partial charge in [-0.1, -0.05) is 0 Å². The zero-order valence-electron chi connectivity index (χ0n) is 11.2. The van der Waals surface area contributed by atoms with Crippen LogP contribution in [0.25, 0.3) is 0 Å². The van der Waals surface area contributed by atoms with Crippen LogP contribution in [0.5, 0.6) is 0 Å². The Labute approximate surface area is 107 Å². The van der Waals surface area contributed by atoms with Crippen molar-refractivity contribution in [2.45, 2.75) is 19.9 Å². The topological polar surface area (TPSA) is 61.4 Å². The molecule has 0 saturated heterocycles. The van der Waals surface area contributed by atoms with E-state index in [0.29, 0.717) is 5.69 Å². The van der Waals surface area contributed by atoms with Crippen LogP contribution >= 0.6 is 0 Å². The highest BCUT2D eigenvalue weighted by atomic mass is 16.2. The molecular weight excluding hydrogens is 230 g/mol. The second-order valence-corrected chi connectivity index (χ2v) is 4.52. The van der Waals surface area contributed by atoms with E-state index >= 15 is 0 Å². The highest BCUT2D eigenvalue weighted by Crippen LogP contribution is 2.15. The van der Waals surface area contributed by atoms with Crippen LogP contribution in [0, 0.1) is 0 Å². The highest BCUT2D eigenvalue weighted by Gasteiger charge is 2.14. The fourth-order valence-corrected chi connectivity index (χ4v) is 1.36. The predicted molar refractivity (Wildman–Crippen MR) is 72.7 cm³/mol. The van der Waals surface area contributed by atoms with Gasteiger partial charge in [-0.2, -0.15) is 0 Å². The lowest BCUT2D eigenvalue weighted by Crippen LogP contribution is -2.39. The zero-order valence-corrected chi connectivity index (χ0v) is 11.2. The predicted octanol–water partition coefficient (Wildman–Crippen LogP) is 1.22. The van der Waals surface area contributed by atoms with Gasteiger partial charge in [-0.05, 0) is 38.1 Å². The monoisotopic (exact) mass is 249 g/mol. The van der Waals surface area contributed by atoms with Crippen molar-refractivity contribution < 1.29 is 9.59 Å². The van der Waals surface area contributed by atoms with Crippen molar-refractivity contribution in [1.82, 2.24) is 5.32 Å². The molecule has 0 aromatic heterocycles. The normalized spacial score (nSPS) is 10.1. The number of nitrogens with one attached hydrogen (secondary N) is 2. The van der Waals surface area contributed by atoms with E-state index in [1.54, 1.807) is 26.0 Å². The third-order valence-corrected chi connectivity index (χ3v) is 2.27. The molecule has 1 aromatic rings. The minimum absolute atomic E-state index is 0.0561. The molecule has 0 aliphatic rings. The molecule has 0 bridgehead atoms. The molecule has 98 valence electrons. The Bertz CT molecular complexity index is 424. The number of hydrogen-bond donors (Lipinski definition) is 2. The molecule has 0 unspecified atom stereocenters. The molecule has 18 heavy (non-hydrogen) atoms. The molecule has 0 radical (unpaired) electrons. The van der Waals surface area contributed by atoms with Gasteiger partial charge >= 0.3 is 11.8 Å². The molecule has 0 aliphatic carbocycles. The summed E-state index contributed by atoms with van der Waals surface area (Å²) in [5.74, 6) is -1.28. The SMILES string of the molecule is CC(C)NC(=O)C(=O)Nc1ccc(N(C)C)cc1. The van der Waals surface area contributed by atoms with Crippen LogP contribution < -0.4 is 15.5 Å². The molecule has 1 rings (SSSR count). The fourth-order valence-electron chi connectivity index (χ4n) is 1.36. The first-order valence-corrected chi connectivity index (χ1v) is 5.79. The molecule has 1 aromatic carbocycles. The Hall–Kier alpha value is -2.04. The minimum atomic E-state index is -0.652. The summed E-state index contributed by atoms with van der Waals surface area (Å²) in [7, 11) is 3.87. The van der Waals surface area contributed by atoms with E-state index < -0.39 is 11.8 Å². The maximum absolute atomic E-state index is 11.5. The quantitative estimate of drug-likeness (QED) is 0.792. The van der Waals surface area contributed by atoms with Crippen molar-refractivity contribution in [2.24, 2.45) is 0 Å². The third-order valence-electron chi connectivity index (χ3n) is 2.27. The van der Waals surface area contributed by atoms with Crippen molar-refractivity contribution in [1.29, 1.82) is 0 Å². The van der Waals surface area contributed by atoms with Gasteiger partial charge in [-0.3, -0.25) is 9.59 Å². The van der Waals surface area contributed by atoms with Crippen molar-refractivity contribution in [2.75, 3.05) is 24.3 Å². The number of anilines is 2. The van der Waals surface area contributed by atoms with Crippen LogP contribution in [-0.2, 0) is 9.59 Å². The summed E-state index contributed by atoms with van der Waals surface area (Å²) in [6.07, 6.45) is 0. The van der Waals surface area contributed by atoms with Crippen molar-refractivity contribution in [3.8, 4) is 0 Å². The second kappa shape index (κ2) is 6.05. The lowest BCUT2D eigenvalue weighted by atomic mass is 10.2. The molecule has 0 fully saturated rings. The Balaban J connectivity index is 2.62. The Morgan fingerprint density at radius 1 is 1.06 bits per heavy atom. The summed E-state index contributed by atoms with van der Waals surface area (Å²) in [6.45, 7) is 3.61. The molecule has 0 heterocycles. The number of carbonyl (C=O) groups is 2. The van der Waals surface area contributed by atoms with E-state index in [-0.39, 0.29) is 6.04 Å². The number of benzene rings is 1. The summed E-state index contributed by atoms with van der Waals surface area (Å²) in [5, 5.41) is 5.08. The lowest BCUT2D eigenvalue weighted by molar-refractivity contribution is -0.136. The van der Waals surface area contributed by atoms with E-state index in [9.17, 15) is 9.59 Å². The third kappa shape index (κ3) is 4.08. The molecular formula is C13H19N3O2. The van der Waals surface area contributed by atoms with E-state index in [1.807, 2.05) is 31.1 Å². The van der Waals surface area contributed by atoms with E-state index in [2.05, 4.69) is 10.6 Å². The highest BCUT2D eigenvalue weighted by molar-refractivity contribution is 6.39. The van der Waals surface area contributed by atoms with Gasteiger partial charge in [0.25, 0.3) is 0 Å². The summed E-state index contributed by atoms with van der Waals surface area (Å²) < 4.78 is 0. The van der Waals surface area contributed by atoms with Gasteiger partial charge in [-0.15, -0.1) is 0 Å². The first-order chi connectivity index (χ1) is 8.40. The van der Waals surface area contributed by atoms with E-state index in [1.165, 1.54) is 0 Å². The number of nitrogens with zero attached hydrogens (tertiary/aromatic N) is 1. The maximum Gasteiger partial charge on any atom is 0.313 e. The van der Waals surface area contributed by atoms with Crippen LogP contribution in [0.2, 0.25) is 0 Å². The maximum atomic E-state index is 11.5. The largest absolute Gasteiger partial charge is 0.378 e. The van der Waals surface area contributed by atoms with E-state index in [0.717, 1.165) is 5.69 Å². The molecule has 0 atom stereocenters. The van der Waals surface area contributed by atoms with E-state index in [4.69, 9.17) is 0 Å². The molecule has 0 aliphatic heterocycles. The first kappa shape index (κ1) is 14.0. The van der Waals surface area contributed by atoms with Crippen LogP contribution in [-0.4, -0.2) is 32.0 Å². The molecule has 2 N–H and O–H groups in total. The summed E-state index contributed by atoms with van der Waals surface area (Å²) in [4.78, 5) is 24.9. The molecule has 0 saturated carbocycles. The van der Waals surface area contributed by atoms with Crippen molar-refractivity contribution in [3.05, 3.63) is 24.3 Å². The smallest absolute Gasteiger partial charge is 0.313 e. The summed E-state index contributed by atoms with van der Waals surface area (Å²) in [6, 6.07) is 7.21. The van der Waals surface area contributed by atoms with Gasteiger partial charge in [0.05, 0.1) is 0 Å². The Morgan fingerprint density at radius 3 is 2.06 bits per heavy atom. The van der Waals surface area contributed by atoms with Gasteiger partial charge in [0, 0.05) is 31.5 Å². The lowest BCUT2D eigenvalue weighted by Gasteiger charge is -2.13. The van der Waals surface area contributed by atoms with Gasteiger partial charge in [0.1, 0.15) is 0 Å². The summed E-state index contributed by atoms with van der Waals surface area (Å²) in [5.41, 5.74) is 1.63. The van der Waals surface area contributed by atoms with Gasteiger partial charge in [-0.25, -0.2) is 0 Å². The van der Waals surface area contributed by atoms with Crippen LogP contribution in [0.3, 0.4) is 0 Å². The van der Waals surface area contributed by atoms with Crippen molar-refractivity contribution in [3.63, 3.8) is 0 Å². The molecule has 2 amide bonds. The Kier molecular flexibility index (Phi) is 4.71. The van der Waals surface area contributed by atoms with Crippen molar-refractivity contribution >= 4 is 23.2 Å². The van der Waals surface area contributed by atoms with Crippen LogP contribution in [0.1, 0.15) is 13.8 Å². The second-order valence-electron chi connectivity index (χ2n) is 4.52. The fraction of sp³-hybridized carbons (Fsp3) is 0.385. The number of rotatable bonds is 3. The van der Waals surface area contributed by atoms with Crippen LogP contribution in [0.15, 0.2) is 24.3 Å². The summed E-state index contributed by atoms with van der Waals surface area (Å²) >= 11 is 0. The average molecular weight is 249 g/mol. The average Bonchev–Trinajstić information content (AvgIpc) is 2.28. The number of hydrogen-bond acceptors (Lipinski definition) is 3. The number of carbonyl (C=O) groups excluding carboxylic acids is 2. The molecule has 0 spiro atoms. The molecule has 5 nitrogen and oxygen atoms in total. The minimum Gasteiger partial charge on any atom is -0.378 e. The van der Waals surface area contributed by atoms with Gasteiger partial charge < -0.3 is 15.5 Å². The standard InChI is InChI=1S/C13H19N3O2/c1-9(2)14-12(17)13(18)15-10-5-7-11(8-6-10)16(3)4/h5-9H,1-4H3,(H,14,17)(H,15,18). The first-order valence-electron chi connectivity index (χ1n) is 5.79. The van der Waals surface area contributed by atoms with Crippen LogP contribution in [0.4, 0.5) is 11.4 Å². The molecule has 5 heteroatoms. The zero-order chi connectivity index (χ0) is 13.7.